The summed E-state index contributed by atoms with van der Waals surface area (Å²) in [7, 11) is 0. The van der Waals surface area contributed by atoms with Crippen molar-refractivity contribution in [2.45, 2.75) is 6.92 Å². The Bertz CT molecular complexity index is 373. The summed E-state index contributed by atoms with van der Waals surface area (Å²) >= 11 is 11.9. The number of likely N-dealkylation sites (N-methyl/N-ethyl adjacent to an activating group) is 1. The first-order valence-corrected chi connectivity index (χ1v) is 5.55. The molecule has 0 bridgehead atoms. The Balaban J connectivity index is 2.70. The lowest BCUT2D eigenvalue weighted by atomic mass is 10.3. The SMILES string of the molecule is CCNC(=O)CNc1c(Cl)cc(N)cc1Cl. The third-order valence-corrected chi connectivity index (χ3v) is 2.46. The van der Waals surface area contributed by atoms with Crippen molar-refractivity contribution in [1.29, 1.82) is 0 Å². The summed E-state index contributed by atoms with van der Waals surface area (Å²) < 4.78 is 0. The van der Waals surface area contributed by atoms with Crippen molar-refractivity contribution in [2.24, 2.45) is 0 Å². The van der Waals surface area contributed by atoms with Crippen LogP contribution in [0.5, 0.6) is 0 Å². The van der Waals surface area contributed by atoms with Gasteiger partial charge in [-0.05, 0) is 19.1 Å². The molecule has 0 aliphatic rings. The Labute approximate surface area is 104 Å². The van der Waals surface area contributed by atoms with E-state index in [-0.39, 0.29) is 12.5 Å². The van der Waals surface area contributed by atoms with Crippen LogP contribution in [0.1, 0.15) is 6.92 Å². The Morgan fingerprint density at radius 2 is 1.94 bits per heavy atom. The van der Waals surface area contributed by atoms with Crippen molar-refractivity contribution < 1.29 is 4.79 Å². The van der Waals surface area contributed by atoms with Crippen molar-refractivity contribution >= 4 is 40.5 Å². The molecular weight excluding hydrogens is 249 g/mol. The fourth-order valence-corrected chi connectivity index (χ4v) is 1.83. The molecule has 0 aliphatic heterocycles. The molecule has 4 nitrogen and oxygen atoms in total. The number of nitrogens with one attached hydrogen (secondary N) is 2. The van der Waals surface area contributed by atoms with E-state index < -0.39 is 0 Å². The number of carbonyl (C=O) groups excluding carboxylic acids is 1. The largest absolute Gasteiger partial charge is 0.399 e. The zero-order chi connectivity index (χ0) is 12.1. The molecule has 1 aromatic rings. The first kappa shape index (κ1) is 12.9. The van der Waals surface area contributed by atoms with E-state index in [1.807, 2.05) is 6.92 Å². The van der Waals surface area contributed by atoms with E-state index in [0.717, 1.165) is 0 Å². The van der Waals surface area contributed by atoms with Crippen LogP contribution in [0.2, 0.25) is 10.0 Å². The summed E-state index contributed by atoms with van der Waals surface area (Å²) in [6.07, 6.45) is 0. The summed E-state index contributed by atoms with van der Waals surface area (Å²) in [5.41, 5.74) is 6.56. The molecule has 0 atom stereocenters. The van der Waals surface area contributed by atoms with E-state index in [1.165, 1.54) is 0 Å². The molecule has 0 fully saturated rings. The fraction of sp³-hybridized carbons (Fsp3) is 0.300. The maximum absolute atomic E-state index is 11.2. The maximum Gasteiger partial charge on any atom is 0.239 e. The van der Waals surface area contributed by atoms with E-state index in [2.05, 4.69) is 10.6 Å². The van der Waals surface area contributed by atoms with Crippen molar-refractivity contribution in [3.63, 3.8) is 0 Å². The third kappa shape index (κ3) is 3.47. The van der Waals surface area contributed by atoms with Crippen molar-refractivity contribution in [2.75, 3.05) is 24.1 Å². The molecule has 0 saturated carbocycles. The molecule has 88 valence electrons. The second-order valence-electron chi connectivity index (χ2n) is 3.17. The monoisotopic (exact) mass is 261 g/mol. The second kappa shape index (κ2) is 5.82. The number of halogens is 2. The highest BCUT2D eigenvalue weighted by molar-refractivity contribution is 6.39. The van der Waals surface area contributed by atoms with Gasteiger partial charge in [-0.15, -0.1) is 0 Å². The number of anilines is 2. The van der Waals surface area contributed by atoms with Crippen LogP contribution < -0.4 is 16.4 Å². The van der Waals surface area contributed by atoms with Crippen molar-refractivity contribution in [3.05, 3.63) is 22.2 Å². The number of carbonyl (C=O) groups is 1. The first-order chi connectivity index (χ1) is 7.54. The summed E-state index contributed by atoms with van der Waals surface area (Å²) in [6.45, 7) is 2.56. The number of nitrogens with two attached hydrogens (primary N) is 1. The third-order valence-electron chi connectivity index (χ3n) is 1.86. The summed E-state index contributed by atoms with van der Waals surface area (Å²) in [5, 5.41) is 6.31. The Morgan fingerprint density at radius 1 is 1.38 bits per heavy atom. The quantitative estimate of drug-likeness (QED) is 0.728. The van der Waals surface area contributed by atoms with E-state index in [4.69, 9.17) is 28.9 Å². The molecule has 16 heavy (non-hydrogen) atoms. The molecule has 1 aromatic carbocycles. The maximum atomic E-state index is 11.2. The minimum Gasteiger partial charge on any atom is -0.399 e. The molecule has 0 saturated heterocycles. The normalized spacial score (nSPS) is 9.94. The van der Waals surface area contributed by atoms with Crippen LogP contribution in [0.15, 0.2) is 12.1 Å². The Kier molecular flexibility index (Phi) is 4.71. The number of nitrogen functional groups attached to an aromatic ring is 1. The second-order valence-corrected chi connectivity index (χ2v) is 3.98. The van der Waals surface area contributed by atoms with Crippen LogP contribution in [-0.4, -0.2) is 19.0 Å². The minimum absolute atomic E-state index is 0.119. The molecular formula is C10H13Cl2N3O. The van der Waals surface area contributed by atoms with Gasteiger partial charge in [-0.1, -0.05) is 23.2 Å². The van der Waals surface area contributed by atoms with Gasteiger partial charge in [-0.25, -0.2) is 0 Å². The lowest BCUT2D eigenvalue weighted by Gasteiger charge is -2.10. The first-order valence-electron chi connectivity index (χ1n) is 4.79. The highest BCUT2D eigenvalue weighted by Gasteiger charge is 2.08. The summed E-state index contributed by atoms with van der Waals surface area (Å²) in [4.78, 5) is 11.2. The number of amides is 1. The average Bonchev–Trinajstić information content (AvgIpc) is 2.16. The van der Waals surface area contributed by atoms with Gasteiger partial charge in [0.2, 0.25) is 5.91 Å². The zero-order valence-corrected chi connectivity index (χ0v) is 10.3. The van der Waals surface area contributed by atoms with Gasteiger partial charge in [0.25, 0.3) is 0 Å². The molecule has 6 heteroatoms. The van der Waals surface area contributed by atoms with Gasteiger partial charge in [0.05, 0.1) is 22.3 Å². The standard InChI is InChI=1S/C10H13Cl2N3O/c1-2-14-9(16)5-15-10-7(11)3-6(13)4-8(10)12/h3-4,15H,2,5,13H2,1H3,(H,14,16). The lowest BCUT2D eigenvalue weighted by molar-refractivity contribution is -0.119. The van der Waals surface area contributed by atoms with Crippen LogP contribution >= 0.6 is 23.2 Å². The average molecular weight is 262 g/mol. The van der Waals surface area contributed by atoms with Gasteiger partial charge < -0.3 is 16.4 Å². The molecule has 1 rings (SSSR count). The van der Waals surface area contributed by atoms with E-state index in [1.54, 1.807) is 12.1 Å². The molecule has 4 N–H and O–H groups in total. The topological polar surface area (TPSA) is 67.2 Å². The Hall–Kier alpha value is -1.13. The number of hydrogen-bond acceptors (Lipinski definition) is 3. The van der Waals surface area contributed by atoms with Crippen LogP contribution in [0.4, 0.5) is 11.4 Å². The Morgan fingerprint density at radius 3 is 2.44 bits per heavy atom. The molecule has 0 aliphatic carbocycles. The molecule has 0 radical (unpaired) electrons. The summed E-state index contributed by atoms with van der Waals surface area (Å²) in [5.74, 6) is -0.119. The van der Waals surface area contributed by atoms with E-state index in [0.29, 0.717) is 28.0 Å². The number of hydrogen-bond donors (Lipinski definition) is 3. The number of benzene rings is 1. The molecule has 0 unspecified atom stereocenters. The van der Waals surface area contributed by atoms with Crippen molar-refractivity contribution in [1.82, 2.24) is 5.32 Å². The minimum atomic E-state index is -0.119. The van der Waals surface area contributed by atoms with Crippen LogP contribution in [0.25, 0.3) is 0 Å². The van der Waals surface area contributed by atoms with Crippen LogP contribution in [-0.2, 0) is 4.79 Å². The van der Waals surface area contributed by atoms with Gasteiger partial charge in [0.1, 0.15) is 0 Å². The smallest absolute Gasteiger partial charge is 0.239 e. The fourth-order valence-electron chi connectivity index (χ4n) is 1.19. The zero-order valence-electron chi connectivity index (χ0n) is 8.81. The van der Waals surface area contributed by atoms with Crippen LogP contribution in [0.3, 0.4) is 0 Å². The molecule has 0 heterocycles. The highest BCUT2D eigenvalue weighted by atomic mass is 35.5. The van der Waals surface area contributed by atoms with Crippen molar-refractivity contribution in [3.8, 4) is 0 Å². The molecule has 0 spiro atoms. The van der Waals surface area contributed by atoms with Gasteiger partial charge in [-0.3, -0.25) is 4.79 Å². The van der Waals surface area contributed by atoms with E-state index in [9.17, 15) is 4.79 Å². The molecule has 1 amide bonds. The predicted octanol–water partition coefficient (Wildman–Crippen LogP) is 2.12. The van der Waals surface area contributed by atoms with Gasteiger partial charge in [-0.2, -0.15) is 0 Å². The van der Waals surface area contributed by atoms with Gasteiger partial charge >= 0.3 is 0 Å². The van der Waals surface area contributed by atoms with E-state index >= 15 is 0 Å². The van der Waals surface area contributed by atoms with Crippen LogP contribution in [0, 0.1) is 0 Å². The highest BCUT2D eigenvalue weighted by Crippen LogP contribution is 2.32. The van der Waals surface area contributed by atoms with Gasteiger partial charge in [0, 0.05) is 12.2 Å². The number of rotatable bonds is 4. The predicted molar refractivity (Wildman–Crippen MR) is 68.0 cm³/mol. The molecule has 0 aromatic heterocycles. The lowest BCUT2D eigenvalue weighted by Crippen LogP contribution is -2.29. The summed E-state index contributed by atoms with van der Waals surface area (Å²) in [6, 6.07) is 3.15. The van der Waals surface area contributed by atoms with Gasteiger partial charge in [0.15, 0.2) is 0 Å².